The van der Waals surface area contributed by atoms with Crippen LogP contribution in [0.4, 0.5) is 13.2 Å². The fourth-order valence-electron chi connectivity index (χ4n) is 3.24. The van der Waals surface area contributed by atoms with Crippen LogP contribution in [0, 0.1) is 5.82 Å². The van der Waals surface area contributed by atoms with Gasteiger partial charge in [0, 0.05) is 21.6 Å². The lowest BCUT2D eigenvalue weighted by Crippen LogP contribution is -2.27. The zero-order valence-corrected chi connectivity index (χ0v) is 15.5. The number of alkyl halides is 2. The van der Waals surface area contributed by atoms with Crippen LogP contribution in [0.2, 0.25) is 0 Å². The lowest BCUT2D eigenvalue weighted by molar-refractivity contribution is 0.153. The summed E-state index contributed by atoms with van der Waals surface area (Å²) in [5.41, 5.74) is -0.146. The van der Waals surface area contributed by atoms with E-state index in [2.05, 4.69) is 4.98 Å². The summed E-state index contributed by atoms with van der Waals surface area (Å²) in [7, 11) is -3.50. The van der Waals surface area contributed by atoms with E-state index >= 15 is 0 Å². The zero-order chi connectivity index (χ0) is 19.7. The number of pyridine rings is 1. The van der Waals surface area contributed by atoms with Crippen molar-refractivity contribution < 1.29 is 17.7 Å². The Morgan fingerprint density at radius 2 is 1.36 bits per heavy atom. The summed E-state index contributed by atoms with van der Waals surface area (Å²) >= 11 is 0. The van der Waals surface area contributed by atoms with Crippen molar-refractivity contribution in [2.24, 2.45) is 0 Å². The van der Waals surface area contributed by atoms with Crippen LogP contribution in [0.3, 0.4) is 0 Å². The van der Waals surface area contributed by atoms with E-state index in [1.807, 2.05) is 0 Å². The van der Waals surface area contributed by atoms with Crippen molar-refractivity contribution in [3.8, 4) is 0 Å². The summed E-state index contributed by atoms with van der Waals surface area (Å²) in [5.74, 6) is -0.627. The fraction of sp³-hybridized carbons (Fsp3) is 0.0455. The van der Waals surface area contributed by atoms with Crippen molar-refractivity contribution in [3.05, 3.63) is 96.3 Å². The monoisotopic (exact) mass is 397 g/mol. The van der Waals surface area contributed by atoms with E-state index in [4.69, 9.17) is 0 Å². The van der Waals surface area contributed by atoms with Crippen molar-refractivity contribution in [2.45, 2.75) is 6.43 Å². The van der Waals surface area contributed by atoms with Crippen molar-refractivity contribution in [1.82, 2.24) is 4.98 Å². The highest BCUT2D eigenvalue weighted by Gasteiger charge is 2.32. The maximum atomic E-state index is 14.3. The molecular weight excluding hydrogens is 382 g/mol. The van der Waals surface area contributed by atoms with E-state index in [-0.39, 0.29) is 21.9 Å². The molecule has 3 aromatic carbocycles. The molecule has 4 rings (SSSR count). The minimum absolute atomic E-state index is 0.0198. The SMILES string of the molecule is O=P(c1ccccc1)(c1ccccc1)c1cc(C(F)F)c2cc(F)ccc2n1. The molecule has 0 aliphatic heterocycles. The summed E-state index contributed by atoms with van der Waals surface area (Å²) in [6.07, 6.45) is -2.86. The molecule has 0 aliphatic rings. The van der Waals surface area contributed by atoms with Crippen molar-refractivity contribution in [1.29, 1.82) is 0 Å². The number of nitrogens with zero attached hydrogens (tertiary/aromatic N) is 1. The predicted molar refractivity (Wildman–Crippen MR) is 106 cm³/mol. The Morgan fingerprint density at radius 3 is 1.89 bits per heavy atom. The second kappa shape index (κ2) is 7.25. The van der Waals surface area contributed by atoms with Gasteiger partial charge in [0.05, 0.1) is 5.52 Å². The Bertz CT molecular complexity index is 1140. The van der Waals surface area contributed by atoms with Gasteiger partial charge in [0.25, 0.3) is 6.43 Å². The van der Waals surface area contributed by atoms with Gasteiger partial charge in [-0.3, -0.25) is 0 Å². The summed E-state index contributed by atoms with van der Waals surface area (Å²) in [6, 6.07) is 22.0. The third kappa shape index (κ3) is 3.12. The molecule has 0 spiro atoms. The van der Waals surface area contributed by atoms with Gasteiger partial charge in [0.15, 0.2) is 7.14 Å². The maximum Gasteiger partial charge on any atom is 0.264 e. The Hall–Kier alpha value is -2.91. The molecule has 0 N–H and O–H groups in total. The molecule has 0 radical (unpaired) electrons. The summed E-state index contributed by atoms with van der Waals surface area (Å²) in [4.78, 5) is 4.42. The highest BCUT2D eigenvalue weighted by atomic mass is 31.2. The molecule has 1 heterocycles. The predicted octanol–water partition coefficient (Wildman–Crippen LogP) is 4.95. The number of fused-ring (bicyclic) bond motifs is 1. The molecule has 140 valence electrons. The Morgan fingerprint density at radius 1 is 0.786 bits per heavy atom. The molecule has 0 unspecified atom stereocenters. The van der Waals surface area contributed by atoms with E-state index in [0.29, 0.717) is 10.6 Å². The summed E-state index contributed by atoms with van der Waals surface area (Å²) < 4.78 is 55.5. The minimum atomic E-state index is -3.50. The van der Waals surface area contributed by atoms with Crippen LogP contribution in [0.5, 0.6) is 0 Å². The van der Waals surface area contributed by atoms with Gasteiger partial charge in [-0.15, -0.1) is 0 Å². The first-order chi connectivity index (χ1) is 13.5. The van der Waals surface area contributed by atoms with Crippen molar-refractivity contribution in [3.63, 3.8) is 0 Å². The highest BCUT2D eigenvalue weighted by Crippen LogP contribution is 2.43. The first-order valence-corrected chi connectivity index (χ1v) is 10.3. The van der Waals surface area contributed by atoms with Crippen LogP contribution < -0.4 is 16.0 Å². The first kappa shape index (κ1) is 18.5. The van der Waals surface area contributed by atoms with Gasteiger partial charge < -0.3 is 4.57 Å². The second-order valence-corrected chi connectivity index (χ2v) is 9.02. The standard InChI is InChI=1S/C22H15F3NOP/c23-15-11-12-20-18(13-15)19(22(24)25)14-21(26-20)28(27,16-7-3-1-4-8-16)17-9-5-2-6-10-17/h1-14,22H. The van der Waals surface area contributed by atoms with Crippen LogP contribution in [0.25, 0.3) is 10.9 Å². The van der Waals surface area contributed by atoms with E-state index in [1.54, 1.807) is 60.7 Å². The van der Waals surface area contributed by atoms with Gasteiger partial charge in [-0.1, -0.05) is 60.7 Å². The van der Waals surface area contributed by atoms with Gasteiger partial charge in [0.1, 0.15) is 11.3 Å². The normalized spacial score (nSPS) is 11.9. The number of halogens is 3. The number of rotatable bonds is 4. The third-order valence-electron chi connectivity index (χ3n) is 4.59. The Labute approximate surface area is 160 Å². The largest absolute Gasteiger partial charge is 0.307 e. The molecule has 6 heteroatoms. The molecular formula is C22H15F3NOP. The molecule has 0 bridgehead atoms. The van der Waals surface area contributed by atoms with Crippen LogP contribution in [-0.4, -0.2) is 4.98 Å². The third-order valence-corrected chi connectivity index (χ3v) is 7.51. The smallest absolute Gasteiger partial charge is 0.264 e. The maximum absolute atomic E-state index is 14.3. The van der Waals surface area contributed by atoms with E-state index in [1.165, 1.54) is 6.07 Å². The molecule has 28 heavy (non-hydrogen) atoms. The Kier molecular flexibility index (Phi) is 4.78. The van der Waals surface area contributed by atoms with Crippen LogP contribution in [0.1, 0.15) is 12.0 Å². The van der Waals surface area contributed by atoms with Crippen molar-refractivity contribution in [2.75, 3.05) is 0 Å². The second-order valence-electron chi connectivity index (χ2n) is 6.31. The molecule has 0 saturated carbocycles. The van der Waals surface area contributed by atoms with Gasteiger partial charge >= 0.3 is 0 Å². The van der Waals surface area contributed by atoms with E-state index < -0.39 is 19.4 Å². The lowest BCUT2D eigenvalue weighted by atomic mass is 10.1. The molecule has 0 saturated heterocycles. The molecule has 2 nitrogen and oxygen atoms in total. The van der Waals surface area contributed by atoms with Gasteiger partial charge in [-0.2, -0.15) is 0 Å². The average molecular weight is 397 g/mol. The molecule has 0 fully saturated rings. The zero-order valence-electron chi connectivity index (χ0n) is 14.6. The first-order valence-electron chi connectivity index (χ1n) is 8.60. The number of benzene rings is 3. The number of hydrogen-bond acceptors (Lipinski definition) is 2. The van der Waals surface area contributed by atoms with Crippen LogP contribution in [0.15, 0.2) is 84.9 Å². The molecule has 4 aromatic rings. The number of hydrogen-bond donors (Lipinski definition) is 0. The van der Waals surface area contributed by atoms with Gasteiger partial charge in [-0.25, -0.2) is 18.2 Å². The average Bonchev–Trinajstić information content (AvgIpc) is 2.73. The summed E-state index contributed by atoms with van der Waals surface area (Å²) in [6.45, 7) is 0. The van der Waals surface area contributed by atoms with Crippen LogP contribution in [-0.2, 0) is 4.57 Å². The molecule has 0 atom stereocenters. The fourth-order valence-corrected chi connectivity index (χ4v) is 5.82. The number of aromatic nitrogens is 1. The quantitative estimate of drug-likeness (QED) is 0.456. The van der Waals surface area contributed by atoms with Crippen LogP contribution >= 0.6 is 7.14 Å². The Balaban J connectivity index is 2.07. The van der Waals surface area contributed by atoms with Gasteiger partial charge in [0.2, 0.25) is 0 Å². The van der Waals surface area contributed by atoms with Crippen molar-refractivity contribution >= 4 is 34.1 Å². The summed E-state index contributed by atoms with van der Waals surface area (Å²) in [5, 5.41) is 1.01. The minimum Gasteiger partial charge on any atom is -0.307 e. The molecule has 0 amide bonds. The molecule has 0 aliphatic carbocycles. The molecule has 1 aromatic heterocycles. The topological polar surface area (TPSA) is 30.0 Å². The van der Waals surface area contributed by atoms with E-state index in [0.717, 1.165) is 18.2 Å². The van der Waals surface area contributed by atoms with Gasteiger partial charge in [-0.05, 0) is 24.3 Å². The van der Waals surface area contributed by atoms with E-state index in [9.17, 15) is 17.7 Å². The highest BCUT2D eigenvalue weighted by molar-refractivity contribution is 7.85. The lowest BCUT2D eigenvalue weighted by Gasteiger charge is -2.20.